The van der Waals surface area contributed by atoms with E-state index in [1.54, 1.807) is 0 Å². The second-order valence-electron chi connectivity index (χ2n) is 3.12. The zero-order valence-electron chi connectivity index (χ0n) is 14.9. The first kappa shape index (κ1) is 91.4. The van der Waals surface area contributed by atoms with E-state index in [1.807, 2.05) is 13.8 Å². The summed E-state index contributed by atoms with van der Waals surface area (Å²) in [6.45, 7) is 14.7. The number of amides is 1. The summed E-state index contributed by atoms with van der Waals surface area (Å²) in [6, 6.07) is 0.213. The number of nitrogens with one attached hydrogen (secondary N) is 1. The van der Waals surface area contributed by atoms with Crippen LogP contribution in [-0.2, 0) is 397 Å². The zero-order chi connectivity index (χ0) is 9.44. The SMILES string of the molecule is [CH2-]C(=O)NC(C)C.[CH2-]C(C)C.[Y].[Y].[Y].[Y].[Y].[Y].[Y].[Y].[Y].[Y].[Y].[Y]. The van der Waals surface area contributed by atoms with Crippen LogP contribution in [0.5, 0.6) is 0 Å². The van der Waals surface area contributed by atoms with E-state index in [2.05, 4.69) is 33.0 Å². The molecule has 0 saturated carbocycles. The van der Waals surface area contributed by atoms with Crippen molar-refractivity contribution in [3.63, 3.8) is 0 Å². The Hall–Kier alpha value is 12.6. The van der Waals surface area contributed by atoms with Gasteiger partial charge in [-0.25, -0.2) is 0 Å². The largest absolute Gasteiger partial charge is 0.379 e. The Morgan fingerprint density at radius 3 is 0.783 bits per heavy atom. The third-order valence-electron chi connectivity index (χ3n) is 0.450. The number of rotatable bonds is 1. The average molecular weight is 1220 g/mol. The predicted octanol–water partition coefficient (Wildman–Crippen LogP) is 1.79. The van der Waals surface area contributed by atoms with Gasteiger partial charge in [0.2, 0.25) is 0 Å². The van der Waals surface area contributed by atoms with Crippen LogP contribution in [0.25, 0.3) is 0 Å². The molecule has 0 bridgehead atoms. The molecule has 14 heteroatoms. The molecule has 0 aromatic heterocycles. The topological polar surface area (TPSA) is 29.1 Å². The quantitative estimate of drug-likeness (QED) is 0.400. The molecule has 104 valence electrons. The Balaban J connectivity index is -0.00000000400. The molecule has 0 fully saturated rings. The molecule has 0 spiro atoms. The summed E-state index contributed by atoms with van der Waals surface area (Å²) in [7, 11) is 0. The molecule has 1 N–H and O–H groups in total. The van der Waals surface area contributed by atoms with Crippen molar-refractivity contribution in [3.05, 3.63) is 13.8 Å². The summed E-state index contributed by atoms with van der Waals surface area (Å²) in [5.74, 6) is 0.370. The maximum absolute atomic E-state index is 10.0. The molecule has 2 nitrogen and oxygen atoms in total. The summed E-state index contributed by atoms with van der Waals surface area (Å²) in [4.78, 5) is 10.0. The van der Waals surface area contributed by atoms with Gasteiger partial charge in [-0.05, 0) is 13.8 Å². The Morgan fingerprint density at radius 2 is 0.783 bits per heavy atom. The van der Waals surface area contributed by atoms with E-state index in [1.165, 1.54) is 0 Å². The van der Waals surface area contributed by atoms with E-state index >= 15 is 0 Å². The van der Waals surface area contributed by atoms with Crippen molar-refractivity contribution in [2.75, 3.05) is 0 Å². The van der Waals surface area contributed by atoms with Crippen molar-refractivity contribution in [1.29, 1.82) is 0 Å². The van der Waals surface area contributed by atoms with E-state index in [0.717, 1.165) is 0 Å². The molecule has 0 aromatic carbocycles. The van der Waals surface area contributed by atoms with Crippen LogP contribution in [0.3, 0.4) is 0 Å². The summed E-state index contributed by atoms with van der Waals surface area (Å²) in [5, 5.41) is 2.56. The van der Waals surface area contributed by atoms with E-state index in [-0.39, 0.29) is 404 Å². The molecular weight excluding hydrogens is 1200 g/mol. The van der Waals surface area contributed by atoms with Crippen LogP contribution < -0.4 is 5.32 Å². The van der Waals surface area contributed by atoms with Gasteiger partial charge in [0.05, 0.1) is 5.91 Å². The fourth-order valence-electron chi connectivity index (χ4n) is 0.322. The second kappa shape index (κ2) is 76.5. The van der Waals surface area contributed by atoms with Gasteiger partial charge in [0.25, 0.3) is 0 Å². The van der Waals surface area contributed by atoms with Crippen LogP contribution in [-0.4, -0.2) is 11.9 Å². The van der Waals surface area contributed by atoms with E-state index in [9.17, 15) is 4.79 Å². The smallest absolute Gasteiger partial charge is 0.0799 e. The minimum absolute atomic E-state index is 0. The van der Waals surface area contributed by atoms with Crippen molar-refractivity contribution in [2.24, 2.45) is 5.92 Å². The second-order valence-corrected chi connectivity index (χ2v) is 3.12. The van der Waals surface area contributed by atoms with Crippen LogP contribution in [0.2, 0.25) is 0 Å². The van der Waals surface area contributed by atoms with Gasteiger partial charge in [0.1, 0.15) is 0 Å². The molecule has 0 aromatic rings. The Bertz CT molecular complexity index is 118. The van der Waals surface area contributed by atoms with Crippen molar-refractivity contribution >= 4 is 5.91 Å². The first-order valence-corrected chi connectivity index (χ1v) is 3.81. The first-order valence-electron chi connectivity index (χ1n) is 3.81. The van der Waals surface area contributed by atoms with Crippen molar-refractivity contribution < 1.29 is 397 Å². The van der Waals surface area contributed by atoms with Crippen LogP contribution in [0, 0.1) is 19.8 Å². The summed E-state index contributed by atoms with van der Waals surface area (Å²) < 4.78 is 0. The number of hydrogen-bond donors (Lipinski definition) is 1. The van der Waals surface area contributed by atoms with Gasteiger partial charge >= 0.3 is 0 Å². The normalized spacial score (nSPS) is 4.30. The zero-order valence-corrected chi connectivity index (χ0v) is 49.0. The van der Waals surface area contributed by atoms with Crippen LogP contribution in [0.1, 0.15) is 27.7 Å². The predicted molar refractivity (Wildman–Crippen MR) is 48.8 cm³/mol. The molecule has 0 heterocycles. The van der Waals surface area contributed by atoms with Gasteiger partial charge in [-0.3, -0.25) is 0 Å². The number of carbonyl (C=O) groups excluding carboxylic acids is 1. The molecular formula is C9H19NOY12-2. The summed E-state index contributed by atoms with van der Waals surface area (Å²) in [6.07, 6.45) is 0. The summed E-state index contributed by atoms with van der Waals surface area (Å²) >= 11 is 0. The minimum atomic E-state index is -0.213. The molecule has 12 radical (unpaired) electrons. The fourth-order valence-corrected chi connectivity index (χ4v) is 0.322. The molecule has 23 heavy (non-hydrogen) atoms. The molecule has 0 unspecified atom stereocenters. The maximum atomic E-state index is 10.0. The Labute approximate surface area is 447 Å². The van der Waals surface area contributed by atoms with Crippen molar-refractivity contribution in [2.45, 2.75) is 33.7 Å². The standard InChI is InChI=1S/C5H10NO.C4H9.12Y/c1-4(2)6-5(3)7;1-4(2)3;;;;;;;;;;;;/h4H,3H2,1-2H3,(H,6,7);4H,1H2,2-3H3;;;;;;;;;;;;/q2*-1;;;;;;;;;;;;. The molecule has 0 aliphatic heterocycles. The molecule has 0 rings (SSSR count). The molecule has 1 amide bonds. The molecule has 0 saturated heterocycles. The summed E-state index contributed by atoms with van der Waals surface area (Å²) in [5.41, 5.74) is 0. The van der Waals surface area contributed by atoms with E-state index < -0.39 is 0 Å². The first-order chi connectivity index (χ1) is 4.86. The molecule has 0 aliphatic carbocycles. The van der Waals surface area contributed by atoms with Gasteiger partial charge < -0.3 is 24.0 Å². The van der Waals surface area contributed by atoms with E-state index in [0.29, 0.717) is 5.92 Å². The number of carbonyl (C=O) groups is 1. The van der Waals surface area contributed by atoms with Crippen LogP contribution in [0.15, 0.2) is 0 Å². The fraction of sp³-hybridized carbons (Fsp3) is 0.667. The Morgan fingerprint density at radius 1 is 0.652 bits per heavy atom. The monoisotopic (exact) mass is 1220 g/mol. The van der Waals surface area contributed by atoms with Crippen LogP contribution >= 0.6 is 0 Å². The van der Waals surface area contributed by atoms with Gasteiger partial charge in [0, 0.05) is 399 Å². The Kier molecular flexibility index (Phi) is 304. The average Bonchev–Trinajstić information content (AvgIpc) is 1.56. The number of hydrogen-bond acceptors (Lipinski definition) is 1. The third kappa shape index (κ3) is 133. The molecule has 0 aliphatic rings. The van der Waals surface area contributed by atoms with Gasteiger partial charge in [-0.15, -0.1) is 0 Å². The van der Waals surface area contributed by atoms with Gasteiger partial charge in [-0.2, -0.15) is 5.92 Å². The third-order valence-corrected chi connectivity index (χ3v) is 0.450. The maximum Gasteiger partial charge on any atom is 0.0799 e. The van der Waals surface area contributed by atoms with Crippen LogP contribution in [0.4, 0.5) is 0 Å². The minimum Gasteiger partial charge on any atom is -0.379 e. The van der Waals surface area contributed by atoms with Crippen molar-refractivity contribution in [1.82, 2.24) is 5.32 Å². The van der Waals surface area contributed by atoms with Gasteiger partial charge in [0.15, 0.2) is 0 Å². The van der Waals surface area contributed by atoms with E-state index in [4.69, 9.17) is 0 Å². The van der Waals surface area contributed by atoms with Gasteiger partial charge in [-0.1, -0.05) is 13.8 Å². The van der Waals surface area contributed by atoms with Crippen molar-refractivity contribution in [3.8, 4) is 0 Å². The molecule has 0 atom stereocenters.